The minimum atomic E-state index is -0.147. The van der Waals surface area contributed by atoms with E-state index in [4.69, 9.17) is 0 Å². The number of amides is 1. The number of anilines is 1. The summed E-state index contributed by atoms with van der Waals surface area (Å²) in [5.41, 5.74) is 1.96. The number of hydrogen-bond donors (Lipinski definition) is 2. The second kappa shape index (κ2) is 6.23. The van der Waals surface area contributed by atoms with Crippen molar-refractivity contribution in [2.45, 2.75) is 39.7 Å². The average Bonchev–Trinajstić information content (AvgIpc) is 2.24. The van der Waals surface area contributed by atoms with Crippen LogP contribution >= 0.6 is 15.9 Å². The van der Waals surface area contributed by atoms with Crippen LogP contribution < -0.4 is 10.6 Å². The molecular formula is C14H21BrN2O. The summed E-state index contributed by atoms with van der Waals surface area (Å²) in [5.74, 6) is 0.0134. The van der Waals surface area contributed by atoms with Gasteiger partial charge in [-0.2, -0.15) is 0 Å². The first kappa shape index (κ1) is 15.0. The van der Waals surface area contributed by atoms with Crippen LogP contribution in [0.3, 0.4) is 0 Å². The molecule has 0 aliphatic carbocycles. The van der Waals surface area contributed by atoms with Crippen molar-refractivity contribution in [3.05, 3.63) is 28.2 Å². The molecule has 0 atom stereocenters. The van der Waals surface area contributed by atoms with Gasteiger partial charge in [0.25, 0.3) is 0 Å². The molecule has 1 aromatic carbocycles. The molecule has 0 spiro atoms. The van der Waals surface area contributed by atoms with Crippen molar-refractivity contribution in [3.8, 4) is 0 Å². The summed E-state index contributed by atoms with van der Waals surface area (Å²) in [6, 6.07) is 6.01. The first-order valence-corrected chi connectivity index (χ1v) is 6.94. The Kier molecular flexibility index (Phi) is 5.20. The Bertz CT molecular complexity index is 410. The zero-order chi connectivity index (χ0) is 13.8. The highest BCUT2D eigenvalue weighted by Crippen LogP contribution is 2.18. The number of aryl methyl sites for hydroxylation is 1. The highest BCUT2D eigenvalue weighted by molar-refractivity contribution is 9.10. The van der Waals surface area contributed by atoms with E-state index in [1.807, 2.05) is 39.0 Å². The quantitative estimate of drug-likeness (QED) is 0.874. The van der Waals surface area contributed by atoms with E-state index in [1.165, 1.54) is 0 Å². The number of halogens is 1. The molecule has 1 rings (SSSR count). The van der Waals surface area contributed by atoms with E-state index in [1.54, 1.807) is 0 Å². The summed E-state index contributed by atoms with van der Waals surface area (Å²) >= 11 is 3.44. The second-order valence-corrected chi connectivity index (χ2v) is 6.07. The smallest absolute Gasteiger partial charge is 0.239 e. The van der Waals surface area contributed by atoms with Crippen molar-refractivity contribution < 1.29 is 4.79 Å². The molecular weight excluding hydrogens is 292 g/mol. The van der Waals surface area contributed by atoms with Crippen molar-refractivity contribution in [2.75, 3.05) is 11.9 Å². The zero-order valence-corrected chi connectivity index (χ0v) is 13.0. The molecule has 0 aliphatic heterocycles. The molecule has 18 heavy (non-hydrogen) atoms. The van der Waals surface area contributed by atoms with Crippen molar-refractivity contribution in [2.24, 2.45) is 0 Å². The van der Waals surface area contributed by atoms with Gasteiger partial charge in [-0.15, -0.1) is 0 Å². The van der Waals surface area contributed by atoms with Crippen molar-refractivity contribution in [1.82, 2.24) is 5.32 Å². The zero-order valence-electron chi connectivity index (χ0n) is 11.4. The fourth-order valence-electron chi connectivity index (χ4n) is 1.53. The molecule has 0 fully saturated rings. The van der Waals surface area contributed by atoms with E-state index in [0.29, 0.717) is 6.54 Å². The lowest BCUT2D eigenvalue weighted by atomic mass is 10.0. The van der Waals surface area contributed by atoms with Crippen LogP contribution in [0.4, 0.5) is 5.69 Å². The monoisotopic (exact) mass is 312 g/mol. The topological polar surface area (TPSA) is 41.1 Å². The predicted octanol–water partition coefficient (Wildman–Crippen LogP) is 3.47. The largest absolute Gasteiger partial charge is 0.376 e. The van der Waals surface area contributed by atoms with Crippen LogP contribution in [0.25, 0.3) is 0 Å². The predicted molar refractivity (Wildman–Crippen MR) is 79.9 cm³/mol. The van der Waals surface area contributed by atoms with Crippen LogP contribution in [-0.4, -0.2) is 18.0 Å². The van der Waals surface area contributed by atoms with E-state index in [2.05, 4.69) is 33.5 Å². The fourth-order valence-corrected chi connectivity index (χ4v) is 2.14. The van der Waals surface area contributed by atoms with Gasteiger partial charge in [0, 0.05) is 15.7 Å². The van der Waals surface area contributed by atoms with E-state index >= 15 is 0 Å². The van der Waals surface area contributed by atoms with Crippen LogP contribution in [0, 0.1) is 6.92 Å². The normalized spacial score (nSPS) is 11.2. The molecule has 4 heteroatoms. The molecule has 100 valence electrons. The molecule has 0 heterocycles. The molecule has 0 aromatic heterocycles. The van der Waals surface area contributed by atoms with Gasteiger partial charge in [-0.1, -0.05) is 22.9 Å². The van der Waals surface area contributed by atoms with Gasteiger partial charge >= 0.3 is 0 Å². The average molecular weight is 313 g/mol. The summed E-state index contributed by atoms with van der Waals surface area (Å²) in [4.78, 5) is 11.8. The molecule has 0 aliphatic rings. The SMILES string of the molecule is CCC(C)(C)NC(=O)CNc1cc(C)cc(Br)c1. The van der Waals surface area contributed by atoms with Crippen molar-refractivity contribution in [1.29, 1.82) is 0 Å². The first-order chi connectivity index (χ1) is 8.32. The van der Waals surface area contributed by atoms with E-state index in [-0.39, 0.29) is 11.4 Å². The Labute approximate surface area is 117 Å². The third-order valence-electron chi connectivity index (χ3n) is 2.86. The molecule has 0 saturated heterocycles. The van der Waals surface area contributed by atoms with Gasteiger partial charge in [-0.3, -0.25) is 4.79 Å². The molecule has 0 bridgehead atoms. The molecule has 2 N–H and O–H groups in total. The van der Waals surface area contributed by atoms with Crippen molar-refractivity contribution >= 4 is 27.5 Å². The van der Waals surface area contributed by atoms with Crippen LogP contribution in [-0.2, 0) is 4.79 Å². The van der Waals surface area contributed by atoms with Gasteiger partial charge in [0.05, 0.1) is 6.54 Å². The number of carbonyl (C=O) groups excluding carboxylic acids is 1. The number of benzene rings is 1. The molecule has 0 radical (unpaired) electrons. The number of nitrogens with one attached hydrogen (secondary N) is 2. The summed E-state index contributed by atoms with van der Waals surface area (Å²) in [6.07, 6.45) is 0.911. The Morgan fingerprint density at radius 3 is 2.56 bits per heavy atom. The van der Waals surface area contributed by atoms with Gasteiger partial charge in [0.1, 0.15) is 0 Å². The third-order valence-corrected chi connectivity index (χ3v) is 3.31. The summed E-state index contributed by atoms with van der Waals surface area (Å²) in [6.45, 7) is 8.42. The molecule has 0 saturated carbocycles. The lowest BCUT2D eigenvalue weighted by molar-refractivity contribution is -0.121. The Morgan fingerprint density at radius 2 is 2.00 bits per heavy atom. The van der Waals surface area contributed by atoms with Gasteiger partial charge in [-0.05, 0) is 51.0 Å². The van der Waals surface area contributed by atoms with E-state index in [0.717, 1.165) is 22.1 Å². The number of rotatable bonds is 5. The maximum atomic E-state index is 11.8. The Hall–Kier alpha value is -1.03. The highest BCUT2D eigenvalue weighted by Gasteiger charge is 2.17. The molecule has 3 nitrogen and oxygen atoms in total. The van der Waals surface area contributed by atoms with Crippen LogP contribution in [0.1, 0.15) is 32.8 Å². The number of hydrogen-bond acceptors (Lipinski definition) is 2. The fraction of sp³-hybridized carbons (Fsp3) is 0.500. The van der Waals surface area contributed by atoms with Crippen LogP contribution in [0.15, 0.2) is 22.7 Å². The van der Waals surface area contributed by atoms with Crippen molar-refractivity contribution in [3.63, 3.8) is 0 Å². The summed E-state index contributed by atoms with van der Waals surface area (Å²) < 4.78 is 1.01. The molecule has 1 amide bonds. The highest BCUT2D eigenvalue weighted by atomic mass is 79.9. The molecule has 1 aromatic rings. The first-order valence-electron chi connectivity index (χ1n) is 6.14. The van der Waals surface area contributed by atoms with E-state index in [9.17, 15) is 4.79 Å². The maximum absolute atomic E-state index is 11.8. The lowest BCUT2D eigenvalue weighted by Crippen LogP contribution is -2.45. The van der Waals surface area contributed by atoms with Crippen LogP contribution in [0.2, 0.25) is 0 Å². The van der Waals surface area contributed by atoms with Gasteiger partial charge in [-0.25, -0.2) is 0 Å². The minimum absolute atomic E-state index is 0.0134. The standard InChI is InChI=1S/C14H21BrN2O/c1-5-14(3,4)17-13(18)9-16-12-7-10(2)6-11(15)8-12/h6-8,16H,5,9H2,1-4H3,(H,17,18). The van der Waals surface area contributed by atoms with Gasteiger partial charge in [0.2, 0.25) is 5.91 Å². The summed E-state index contributed by atoms with van der Waals surface area (Å²) in [5, 5.41) is 6.12. The molecule has 0 unspecified atom stereocenters. The lowest BCUT2D eigenvalue weighted by Gasteiger charge is -2.24. The third kappa shape index (κ3) is 5.08. The van der Waals surface area contributed by atoms with E-state index < -0.39 is 0 Å². The number of carbonyl (C=O) groups is 1. The Morgan fingerprint density at radius 1 is 1.33 bits per heavy atom. The maximum Gasteiger partial charge on any atom is 0.239 e. The summed E-state index contributed by atoms with van der Waals surface area (Å²) in [7, 11) is 0. The second-order valence-electron chi connectivity index (χ2n) is 5.16. The van der Waals surface area contributed by atoms with Gasteiger partial charge < -0.3 is 10.6 Å². The van der Waals surface area contributed by atoms with Gasteiger partial charge in [0.15, 0.2) is 0 Å². The minimum Gasteiger partial charge on any atom is -0.376 e. The Balaban J connectivity index is 2.52. The van der Waals surface area contributed by atoms with Crippen LogP contribution in [0.5, 0.6) is 0 Å².